The van der Waals surface area contributed by atoms with Crippen molar-refractivity contribution in [3.8, 4) is 5.75 Å². The first-order chi connectivity index (χ1) is 16.2. The van der Waals surface area contributed by atoms with E-state index in [9.17, 15) is 18.0 Å². The molecule has 3 rings (SSSR count). The van der Waals surface area contributed by atoms with E-state index >= 15 is 0 Å². The van der Waals surface area contributed by atoms with Crippen molar-refractivity contribution in [2.24, 2.45) is 5.92 Å². The monoisotopic (exact) mass is 487 g/mol. The van der Waals surface area contributed by atoms with Crippen molar-refractivity contribution in [2.45, 2.75) is 50.8 Å². The lowest BCUT2D eigenvalue weighted by Gasteiger charge is -2.20. The first-order valence-corrected chi connectivity index (χ1v) is 13.1. The number of benzene rings is 2. The first kappa shape index (κ1) is 25.7. The second-order valence-electron chi connectivity index (χ2n) is 8.55. The fourth-order valence-corrected chi connectivity index (χ4v) is 5.00. The standard InChI is InChI=1S/C25H33N3O5S/c1-4-5-6-7-14-26-34(31,32)21-11-9-20(10-12-21)27-25(30)19-16-24(29)28(17-19)22-15-18(2)8-13-23(22)33-3/h8-13,15,19,26H,4-7,14,16-17H2,1-3H3,(H,27,30). The third-order valence-electron chi connectivity index (χ3n) is 5.88. The van der Waals surface area contributed by atoms with E-state index in [4.69, 9.17) is 4.74 Å². The quantitative estimate of drug-likeness (QED) is 0.469. The number of ether oxygens (including phenoxy) is 1. The molecule has 1 unspecified atom stereocenters. The van der Waals surface area contributed by atoms with Crippen molar-refractivity contribution in [1.82, 2.24) is 4.72 Å². The summed E-state index contributed by atoms with van der Waals surface area (Å²) in [4.78, 5) is 27.2. The van der Waals surface area contributed by atoms with Crippen LogP contribution < -0.4 is 19.7 Å². The van der Waals surface area contributed by atoms with Crippen LogP contribution in [0, 0.1) is 12.8 Å². The number of hydrogen-bond acceptors (Lipinski definition) is 5. The minimum Gasteiger partial charge on any atom is -0.495 e. The molecule has 8 nitrogen and oxygen atoms in total. The normalized spacial score (nSPS) is 16.0. The van der Waals surface area contributed by atoms with Crippen molar-refractivity contribution in [1.29, 1.82) is 0 Å². The van der Waals surface area contributed by atoms with Gasteiger partial charge in [-0.15, -0.1) is 0 Å². The van der Waals surface area contributed by atoms with Crippen molar-refractivity contribution < 1.29 is 22.7 Å². The molecule has 0 spiro atoms. The van der Waals surface area contributed by atoms with Gasteiger partial charge in [0.25, 0.3) is 0 Å². The Balaban J connectivity index is 1.60. The van der Waals surface area contributed by atoms with Gasteiger partial charge in [0.2, 0.25) is 21.8 Å². The number of carbonyl (C=O) groups is 2. The average molecular weight is 488 g/mol. The minimum absolute atomic E-state index is 0.0946. The molecule has 34 heavy (non-hydrogen) atoms. The zero-order chi connectivity index (χ0) is 24.7. The second kappa shape index (κ2) is 11.5. The zero-order valence-electron chi connectivity index (χ0n) is 20.0. The van der Waals surface area contributed by atoms with Crippen LogP contribution in [0.5, 0.6) is 5.75 Å². The predicted octanol–water partition coefficient (Wildman–Crippen LogP) is 3.85. The molecule has 184 valence electrons. The van der Waals surface area contributed by atoms with Crippen LogP contribution in [0.3, 0.4) is 0 Å². The van der Waals surface area contributed by atoms with E-state index < -0.39 is 15.9 Å². The summed E-state index contributed by atoms with van der Waals surface area (Å²) in [6, 6.07) is 11.6. The van der Waals surface area contributed by atoms with Gasteiger partial charge in [-0.2, -0.15) is 0 Å². The van der Waals surface area contributed by atoms with Gasteiger partial charge in [0.05, 0.1) is 23.6 Å². The number of sulfonamides is 1. The van der Waals surface area contributed by atoms with E-state index in [-0.39, 0.29) is 29.7 Å². The third kappa shape index (κ3) is 6.36. The van der Waals surface area contributed by atoms with Crippen molar-refractivity contribution in [2.75, 3.05) is 30.4 Å². The van der Waals surface area contributed by atoms with Gasteiger partial charge in [-0.05, 0) is 55.3 Å². The fourth-order valence-electron chi connectivity index (χ4n) is 3.93. The number of amides is 2. The summed E-state index contributed by atoms with van der Waals surface area (Å²) in [5, 5.41) is 2.80. The highest BCUT2D eigenvalue weighted by Gasteiger charge is 2.36. The largest absolute Gasteiger partial charge is 0.495 e. The Morgan fingerprint density at radius 1 is 1.12 bits per heavy atom. The predicted molar refractivity (Wildman–Crippen MR) is 133 cm³/mol. The molecule has 2 N–H and O–H groups in total. The maximum Gasteiger partial charge on any atom is 0.240 e. The SMILES string of the molecule is CCCCCCNS(=O)(=O)c1ccc(NC(=O)C2CC(=O)N(c3cc(C)ccc3OC)C2)cc1. The van der Waals surface area contributed by atoms with Crippen LogP contribution >= 0.6 is 0 Å². The van der Waals surface area contributed by atoms with Gasteiger partial charge in [0.1, 0.15) is 5.75 Å². The highest BCUT2D eigenvalue weighted by molar-refractivity contribution is 7.89. The van der Waals surface area contributed by atoms with Gasteiger partial charge in [0, 0.05) is 25.2 Å². The summed E-state index contributed by atoms with van der Waals surface area (Å²) in [6.45, 7) is 4.68. The number of anilines is 2. The lowest BCUT2D eigenvalue weighted by Crippen LogP contribution is -2.28. The number of hydrogen-bond donors (Lipinski definition) is 2. The van der Waals surface area contributed by atoms with Gasteiger partial charge < -0.3 is 15.0 Å². The Morgan fingerprint density at radius 2 is 1.85 bits per heavy atom. The third-order valence-corrected chi connectivity index (χ3v) is 7.35. The Hall–Kier alpha value is -2.91. The van der Waals surface area contributed by atoms with Crippen molar-refractivity contribution >= 4 is 33.2 Å². The first-order valence-electron chi connectivity index (χ1n) is 11.6. The maximum atomic E-state index is 12.8. The van der Waals surface area contributed by atoms with E-state index in [1.54, 1.807) is 30.2 Å². The van der Waals surface area contributed by atoms with Crippen LogP contribution in [0.25, 0.3) is 0 Å². The Kier molecular flexibility index (Phi) is 8.68. The lowest BCUT2D eigenvalue weighted by atomic mass is 10.1. The van der Waals surface area contributed by atoms with Crippen LogP contribution in [0.15, 0.2) is 47.4 Å². The molecule has 1 fully saturated rings. The van der Waals surface area contributed by atoms with E-state index in [1.165, 1.54) is 12.1 Å². The molecule has 2 aromatic carbocycles. The molecular formula is C25H33N3O5S. The molecular weight excluding hydrogens is 454 g/mol. The van der Waals surface area contributed by atoms with E-state index in [0.29, 0.717) is 23.7 Å². The number of carbonyl (C=O) groups excluding carboxylic acids is 2. The van der Waals surface area contributed by atoms with Crippen LogP contribution in [0.4, 0.5) is 11.4 Å². The van der Waals surface area contributed by atoms with Crippen molar-refractivity contribution in [3.05, 3.63) is 48.0 Å². The fraction of sp³-hybridized carbons (Fsp3) is 0.440. The minimum atomic E-state index is -3.59. The molecule has 1 atom stereocenters. The molecule has 9 heteroatoms. The van der Waals surface area contributed by atoms with E-state index in [0.717, 1.165) is 31.2 Å². The molecule has 0 bridgehead atoms. The van der Waals surface area contributed by atoms with Gasteiger partial charge in [-0.1, -0.05) is 32.3 Å². The van der Waals surface area contributed by atoms with Gasteiger partial charge >= 0.3 is 0 Å². The molecule has 1 aliphatic heterocycles. The number of methoxy groups -OCH3 is 1. The van der Waals surface area contributed by atoms with Crippen LogP contribution in [0.1, 0.15) is 44.6 Å². The summed E-state index contributed by atoms with van der Waals surface area (Å²) >= 11 is 0. The summed E-state index contributed by atoms with van der Waals surface area (Å²) < 4.78 is 32.9. The van der Waals surface area contributed by atoms with Gasteiger partial charge in [-0.25, -0.2) is 13.1 Å². The average Bonchev–Trinajstić information content (AvgIpc) is 3.21. The number of nitrogens with one attached hydrogen (secondary N) is 2. The Bertz CT molecular complexity index is 1120. The number of aryl methyl sites for hydroxylation is 1. The highest BCUT2D eigenvalue weighted by Crippen LogP contribution is 2.34. The van der Waals surface area contributed by atoms with Crippen LogP contribution in [0.2, 0.25) is 0 Å². The molecule has 1 saturated heterocycles. The molecule has 1 heterocycles. The summed E-state index contributed by atoms with van der Waals surface area (Å²) in [7, 11) is -2.04. The molecule has 0 aliphatic carbocycles. The van der Waals surface area contributed by atoms with Gasteiger partial charge in [-0.3, -0.25) is 9.59 Å². The summed E-state index contributed by atoms with van der Waals surface area (Å²) in [6.07, 6.45) is 4.05. The maximum absolute atomic E-state index is 12.8. The number of nitrogens with zero attached hydrogens (tertiary/aromatic N) is 1. The Morgan fingerprint density at radius 3 is 2.53 bits per heavy atom. The van der Waals surface area contributed by atoms with Crippen LogP contribution in [-0.4, -0.2) is 40.4 Å². The van der Waals surface area contributed by atoms with Gasteiger partial charge in [0.15, 0.2) is 0 Å². The van der Waals surface area contributed by atoms with E-state index in [1.807, 2.05) is 19.1 Å². The highest BCUT2D eigenvalue weighted by atomic mass is 32.2. The van der Waals surface area contributed by atoms with E-state index in [2.05, 4.69) is 17.0 Å². The molecule has 2 amide bonds. The van der Waals surface area contributed by atoms with Crippen LogP contribution in [-0.2, 0) is 19.6 Å². The topological polar surface area (TPSA) is 105 Å². The molecule has 2 aromatic rings. The van der Waals surface area contributed by atoms with Crippen molar-refractivity contribution in [3.63, 3.8) is 0 Å². The number of rotatable bonds is 11. The summed E-state index contributed by atoms with van der Waals surface area (Å²) in [5.41, 5.74) is 2.12. The zero-order valence-corrected chi connectivity index (χ0v) is 20.8. The smallest absolute Gasteiger partial charge is 0.240 e. The molecule has 1 aliphatic rings. The second-order valence-corrected chi connectivity index (χ2v) is 10.3. The molecule has 0 aromatic heterocycles. The summed E-state index contributed by atoms with van der Waals surface area (Å²) in [5.74, 6) is -0.371. The Labute approximate surface area is 201 Å². The number of unbranched alkanes of at least 4 members (excludes halogenated alkanes) is 3. The molecule has 0 radical (unpaired) electrons. The lowest BCUT2D eigenvalue weighted by molar-refractivity contribution is -0.122. The molecule has 0 saturated carbocycles.